The topological polar surface area (TPSA) is 46.4 Å². The first-order chi connectivity index (χ1) is 9.47. The zero-order valence-corrected chi connectivity index (χ0v) is 10.4. The fourth-order valence-electron chi connectivity index (χ4n) is 2.22. The summed E-state index contributed by atoms with van der Waals surface area (Å²) in [5, 5.41) is 2.62. The Hall–Kier alpha value is -2.05. The Morgan fingerprint density at radius 3 is 2.70 bits per heavy atom. The van der Waals surface area contributed by atoms with E-state index in [0.29, 0.717) is 0 Å². The lowest BCUT2D eigenvalue weighted by molar-refractivity contribution is -0.141. The van der Waals surface area contributed by atoms with Gasteiger partial charge in [-0.25, -0.2) is 4.98 Å². The summed E-state index contributed by atoms with van der Waals surface area (Å²) in [5.74, 6) is -0.722. The molecule has 0 saturated heterocycles. The van der Waals surface area contributed by atoms with E-state index in [4.69, 9.17) is 0 Å². The van der Waals surface area contributed by atoms with Crippen LogP contribution in [0.25, 0.3) is 5.65 Å². The van der Waals surface area contributed by atoms with Crippen molar-refractivity contribution in [3.05, 3.63) is 35.8 Å². The highest BCUT2D eigenvalue weighted by atomic mass is 19.4. The van der Waals surface area contributed by atoms with Crippen molar-refractivity contribution in [2.75, 3.05) is 0 Å². The van der Waals surface area contributed by atoms with Crippen LogP contribution in [0.15, 0.2) is 24.4 Å². The number of pyridine rings is 1. The van der Waals surface area contributed by atoms with Crippen molar-refractivity contribution in [1.29, 1.82) is 0 Å². The summed E-state index contributed by atoms with van der Waals surface area (Å²) >= 11 is 0. The van der Waals surface area contributed by atoms with Gasteiger partial charge in [0.05, 0.1) is 0 Å². The summed E-state index contributed by atoms with van der Waals surface area (Å²) in [5.41, 5.74) is -1.47. The van der Waals surface area contributed by atoms with Crippen LogP contribution in [-0.2, 0) is 6.18 Å². The SMILES string of the molecule is O=C(NC1CCC1)c1c(C(F)(F)F)nc2ccccn12. The Balaban J connectivity index is 2.08. The van der Waals surface area contributed by atoms with Gasteiger partial charge in [0.1, 0.15) is 11.3 Å². The smallest absolute Gasteiger partial charge is 0.348 e. The second-order valence-corrected chi connectivity index (χ2v) is 4.84. The molecule has 0 spiro atoms. The highest BCUT2D eigenvalue weighted by Crippen LogP contribution is 2.32. The molecule has 1 fully saturated rings. The summed E-state index contributed by atoms with van der Waals surface area (Å²) in [6.45, 7) is 0. The van der Waals surface area contributed by atoms with E-state index in [0.717, 1.165) is 19.3 Å². The fraction of sp³-hybridized carbons (Fsp3) is 0.385. The standard InChI is InChI=1S/C13H12F3N3O/c14-13(15,16)11-10(12(20)17-8-4-3-5-8)19-7-2-1-6-9(19)18-11/h1-2,6-8H,3-5H2,(H,17,20). The number of aromatic nitrogens is 2. The van der Waals surface area contributed by atoms with Crippen LogP contribution in [0.2, 0.25) is 0 Å². The normalized spacial score (nSPS) is 16.1. The van der Waals surface area contributed by atoms with Crippen molar-refractivity contribution in [2.24, 2.45) is 0 Å². The third-order valence-electron chi connectivity index (χ3n) is 3.45. The zero-order chi connectivity index (χ0) is 14.3. The van der Waals surface area contributed by atoms with Gasteiger partial charge in [-0.2, -0.15) is 13.2 Å². The average molecular weight is 283 g/mol. The van der Waals surface area contributed by atoms with E-state index in [9.17, 15) is 18.0 Å². The van der Waals surface area contributed by atoms with E-state index in [1.807, 2.05) is 0 Å². The predicted octanol–water partition coefficient (Wildman–Crippen LogP) is 2.64. The molecule has 1 amide bonds. The maximum atomic E-state index is 13.0. The van der Waals surface area contributed by atoms with E-state index < -0.39 is 23.5 Å². The zero-order valence-electron chi connectivity index (χ0n) is 10.4. The molecule has 20 heavy (non-hydrogen) atoms. The van der Waals surface area contributed by atoms with E-state index >= 15 is 0 Å². The number of halogens is 3. The first kappa shape index (κ1) is 13.0. The second kappa shape index (κ2) is 4.50. The molecular weight excluding hydrogens is 271 g/mol. The lowest BCUT2D eigenvalue weighted by atomic mass is 9.93. The minimum Gasteiger partial charge on any atom is -0.348 e. The summed E-state index contributed by atoms with van der Waals surface area (Å²) in [6, 6.07) is 4.55. The number of carbonyl (C=O) groups excluding carboxylic acids is 1. The third kappa shape index (κ3) is 2.13. The molecule has 4 nitrogen and oxygen atoms in total. The number of alkyl halides is 3. The minimum absolute atomic E-state index is 0.0298. The van der Waals surface area contributed by atoms with E-state index in [-0.39, 0.29) is 11.7 Å². The van der Waals surface area contributed by atoms with Gasteiger partial charge in [0.15, 0.2) is 5.69 Å². The second-order valence-electron chi connectivity index (χ2n) is 4.84. The van der Waals surface area contributed by atoms with Crippen molar-refractivity contribution < 1.29 is 18.0 Å². The minimum atomic E-state index is -4.65. The molecule has 1 aliphatic rings. The molecular formula is C13H12F3N3O. The maximum Gasteiger partial charge on any atom is 0.435 e. The van der Waals surface area contributed by atoms with Gasteiger partial charge in [0.2, 0.25) is 0 Å². The molecule has 0 unspecified atom stereocenters. The van der Waals surface area contributed by atoms with Crippen LogP contribution < -0.4 is 5.32 Å². The number of fused-ring (bicyclic) bond motifs is 1. The van der Waals surface area contributed by atoms with Crippen molar-refractivity contribution in [3.63, 3.8) is 0 Å². The number of hydrogen-bond acceptors (Lipinski definition) is 2. The molecule has 0 bridgehead atoms. The molecule has 7 heteroatoms. The lowest BCUT2D eigenvalue weighted by Gasteiger charge is -2.26. The maximum absolute atomic E-state index is 13.0. The van der Waals surface area contributed by atoms with Gasteiger partial charge in [-0.15, -0.1) is 0 Å². The summed E-state index contributed by atoms with van der Waals surface area (Å²) in [7, 11) is 0. The molecule has 0 aromatic carbocycles. The van der Waals surface area contributed by atoms with Crippen LogP contribution in [0.4, 0.5) is 13.2 Å². The lowest BCUT2D eigenvalue weighted by Crippen LogP contribution is -2.40. The van der Waals surface area contributed by atoms with Crippen LogP contribution in [0.1, 0.15) is 35.4 Å². The molecule has 2 heterocycles. The molecule has 3 rings (SSSR count). The summed E-state index contributed by atoms with van der Waals surface area (Å²) < 4.78 is 40.3. The summed E-state index contributed by atoms with van der Waals surface area (Å²) in [4.78, 5) is 15.7. The Labute approximate surface area is 112 Å². The third-order valence-corrected chi connectivity index (χ3v) is 3.45. The van der Waals surface area contributed by atoms with Gasteiger partial charge >= 0.3 is 6.18 Å². The highest BCUT2D eigenvalue weighted by Gasteiger charge is 2.40. The van der Waals surface area contributed by atoms with Crippen LogP contribution in [0, 0.1) is 0 Å². The molecule has 106 valence electrons. The van der Waals surface area contributed by atoms with E-state index in [1.54, 1.807) is 12.1 Å². The Morgan fingerprint density at radius 2 is 2.10 bits per heavy atom. The monoisotopic (exact) mass is 283 g/mol. The van der Waals surface area contributed by atoms with Crippen LogP contribution in [-0.4, -0.2) is 21.3 Å². The molecule has 1 saturated carbocycles. The highest BCUT2D eigenvalue weighted by molar-refractivity contribution is 5.95. The summed E-state index contributed by atoms with van der Waals surface area (Å²) in [6.07, 6.45) is -0.635. The molecule has 0 aliphatic heterocycles. The van der Waals surface area contributed by atoms with Crippen molar-refractivity contribution in [2.45, 2.75) is 31.5 Å². The Bertz CT molecular complexity index is 658. The van der Waals surface area contributed by atoms with Gasteiger partial charge in [-0.1, -0.05) is 6.07 Å². The predicted molar refractivity (Wildman–Crippen MR) is 65.3 cm³/mol. The van der Waals surface area contributed by atoms with Crippen molar-refractivity contribution in [3.8, 4) is 0 Å². The Kier molecular flexibility index (Phi) is 2.92. The van der Waals surface area contributed by atoms with Gasteiger partial charge in [0, 0.05) is 12.2 Å². The van der Waals surface area contributed by atoms with Gasteiger partial charge < -0.3 is 5.32 Å². The fourth-order valence-corrected chi connectivity index (χ4v) is 2.22. The first-order valence-corrected chi connectivity index (χ1v) is 6.32. The van der Waals surface area contributed by atoms with E-state index in [1.165, 1.54) is 16.7 Å². The molecule has 2 aromatic heterocycles. The number of imidazole rings is 1. The van der Waals surface area contributed by atoms with Crippen LogP contribution in [0.5, 0.6) is 0 Å². The molecule has 0 atom stereocenters. The number of nitrogens with zero attached hydrogens (tertiary/aromatic N) is 2. The average Bonchev–Trinajstić information content (AvgIpc) is 2.73. The first-order valence-electron chi connectivity index (χ1n) is 6.32. The van der Waals surface area contributed by atoms with Crippen molar-refractivity contribution >= 4 is 11.6 Å². The molecule has 0 radical (unpaired) electrons. The van der Waals surface area contributed by atoms with Gasteiger partial charge in [-0.3, -0.25) is 9.20 Å². The number of rotatable bonds is 2. The van der Waals surface area contributed by atoms with Crippen LogP contribution in [0.3, 0.4) is 0 Å². The van der Waals surface area contributed by atoms with Crippen LogP contribution >= 0.6 is 0 Å². The van der Waals surface area contributed by atoms with Gasteiger partial charge in [-0.05, 0) is 31.4 Å². The largest absolute Gasteiger partial charge is 0.435 e. The van der Waals surface area contributed by atoms with Gasteiger partial charge in [0.25, 0.3) is 5.91 Å². The quantitative estimate of drug-likeness (QED) is 0.921. The number of amides is 1. The Morgan fingerprint density at radius 1 is 1.35 bits per heavy atom. The molecule has 1 N–H and O–H groups in total. The van der Waals surface area contributed by atoms with Crippen molar-refractivity contribution in [1.82, 2.24) is 14.7 Å². The number of carbonyl (C=O) groups is 1. The molecule has 2 aromatic rings. The number of hydrogen-bond donors (Lipinski definition) is 1. The van der Waals surface area contributed by atoms with E-state index in [2.05, 4.69) is 10.3 Å². The molecule has 1 aliphatic carbocycles. The number of nitrogens with one attached hydrogen (secondary N) is 1.